The van der Waals surface area contributed by atoms with Crippen LogP contribution in [0.15, 0.2) is 54.6 Å². The van der Waals surface area contributed by atoms with Gasteiger partial charge < -0.3 is 16.0 Å². The molecule has 146 valence electrons. The summed E-state index contributed by atoms with van der Waals surface area (Å²) in [5.74, 6) is -0.993. The standard InChI is InChI=1S/C22H25N3O3/c1-14(2)19(25-20(26)15-8-4-3-5-9-15)22(28)24-18-11-7-6-10-17(18)21(27)23-16-12-13-16/h3-11,14,16,19H,12-13H2,1-2H3,(H,23,27)(H,24,28)(H,25,26)/t19-/m1/s1. The quantitative estimate of drug-likeness (QED) is 0.691. The third-order valence-electron chi connectivity index (χ3n) is 4.61. The molecule has 3 N–H and O–H groups in total. The number of nitrogens with one attached hydrogen (secondary N) is 3. The molecule has 0 unspecified atom stereocenters. The van der Waals surface area contributed by atoms with Gasteiger partial charge in [-0.3, -0.25) is 14.4 Å². The molecule has 2 aromatic rings. The maximum Gasteiger partial charge on any atom is 0.253 e. The van der Waals surface area contributed by atoms with Gasteiger partial charge in [-0.15, -0.1) is 0 Å². The molecule has 0 heterocycles. The van der Waals surface area contributed by atoms with Gasteiger partial charge in [0.1, 0.15) is 6.04 Å². The summed E-state index contributed by atoms with van der Waals surface area (Å²) < 4.78 is 0. The molecule has 3 rings (SSSR count). The number of amides is 3. The van der Waals surface area contributed by atoms with Gasteiger partial charge >= 0.3 is 0 Å². The zero-order chi connectivity index (χ0) is 20.1. The fraction of sp³-hybridized carbons (Fsp3) is 0.318. The molecule has 0 bridgehead atoms. The Labute approximate surface area is 164 Å². The molecular formula is C22H25N3O3. The number of hydrogen-bond donors (Lipinski definition) is 3. The molecule has 1 fully saturated rings. The van der Waals surface area contributed by atoms with E-state index in [9.17, 15) is 14.4 Å². The average Bonchev–Trinajstić information content (AvgIpc) is 3.50. The first-order chi connectivity index (χ1) is 13.5. The molecule has 1 saturated carbocycles. The smallest absolute Gasteiger partial charge is 0.253 e. The molecule has 1 atom stereocenters. The molecule has 0 aliphatic heterocycles. The normalized spacial score (nSPS) is 14.2. The van der Waals surface area contributed by atoms with Crippen LogP contribution in [0.4, 0.5) is 5.69 Å². The number of hydrogen-bond acceptors (Lipinski definition) is 3. The second kappa shape index (κ2) is 8.69. The molecule has 0 spiro atoms. The average molecular weight is 379 g/mol. The highest BCUT2D eigenvalue weighted by atomic mass is 16.2. The van der Waals surface area contributed by atoms with E-state index in [4.69, 9.17) is 0 Å². The maximum absolute atomic E-state index is 12.9. The minimum Gasteiger partial charge on any atom is -0.349 e. The zero-order valence-electron chi connectivity index (χ0n) is 16.1. The zero-order valence-corrected chi connectivity index (χ0v) is 16.1. The van der Waals surface area contributed by atoms with Crippen LogP contribution in [0.25, 0.3) is 0 Å². The van der Waals surface area contributed by atoms with Crippen LogP contribution in [0.3, 0.4) is 0 Å². The second-order valence-corrected chi connectivity index (χ2v) is 7.34. The Bertz CT molecular complexity index is 860. The SMILES string of the molecule is CC(C)[C@@H](NC(=O)c1ccccc1)C(=O)Nc1ccccc1C(=O)NC1CC1. The van der Waals surface area contributed by atoms with E-state index in [0.717, 1.165) is 12.8 Å². The van der Waals surface area contributed by atoms with Crippen molar-refractivity contribution in [2.24, 2.45) is 5.92 Å². The van der Waals surface area contributed by atoms with Crippen LogP contribution in [0.2, 0.25) is 0 Å². The minimum atomic E-state index is -0.729. The summed E-state index contributed by atoms with van der Waals surface area (Å²) in [6.45, 7) is 3.72. The van der Waals surface area contributed by atoms with Crippen molar-refractivity contribution in [2.45, 2.75) is 38.8 Å². The molecule has 28 heavy (non-hydrogen) atoms. The van der Waals surface area contributed by atoms with Crippen molar-refractivity contribution in [3.8, 4) is 0 Å². The largest absolute Gasteiger partial charge is 0.349 e. The number of benzene rings is 2. The van der Waals surface area contributed by atoms with E-state index in [1.165, 1.54) is 0 Å². The molecule has 6 nitrogen and oxygen atoms in total. The van der Waals surface area contributed by atoms with Crippen LogP contribution in [-0.4, -0.2) is 29.8 Å². The Kier molecular flexibility index (Phi) is 6.09. The third-order valence-corrected chi connectivity index (χ3v) is 4.61. The predicted molar refractivity (Wildman–Crippen MR) is 108 cm³/mol. The van der Waals surface area contributed by atoms with Gasteiger partial charge in [0.2, 0.25) is 5.91 Å². The monoisotopic (exact) mass is 379 g/mol. The summed E-state index contributed by atoms with van der Waals surface area (Å²) in [7, 11) is 0. The van der Waals surface area contributed by atoms with Crippen molar-refractivity contribution in [1.82, 2.24) is 10.6 Å². The molecular weight excluding hydrogens is 354 g/mol. The Balaban J connectivity index is 1.72. The molecule has 6 heteroatoms. The fourth-order valence-electron chi connectivity index (χ4n) is 2.84. The molecule has 1 aliphatic carbocycles. The number of para-hydroxylation sites is 1. The summed E-state index contributed by atoms with van der Waals surface area (Å²) in [4.78, 5) is 37.8. The van der Waals surface area contributed by atoms with E-state index in [2.05, 4.69) is 16.0 Å². The van der Waals surface area contributed by atoms with E-state index < -0.39 is 6.04 Å². The van der Waals surface area contributed by atoms with E-state index in [1.54, 1.807) is 48.5 Å². The van der Waals surface area contributed by atoms with Gasteiger partial charge in [0.25, 0.3) is 11.8 Å². The van der Waals surface area contributed by atoms with Gasteiger partial charge in [0.05, 0.1) is 11.3 Å². The van der Waals surface area contributed by atoms with Crippen LogP contribution >= 0.6 is 0 Å². The Morgan fingerprint density at radius 1 is 0.893 bits per heavy atom. The van der Waals surface area contributed by atoms with E-state index >= 15 is 0 Å². The molecule has 2 aromatic carbocycles. The highest BCUT2D eigenvalue weighted by molar-refractivity contribution is 6.06. The van der Waals surface area contributed by atoms with Crippen LogP contribution in [-0.2, 0) is 4.79 Å². The van der Waals surface area contributed by atoms with Crippen molar-refractivity contribution in [2.75, 3.05) is 5.32 Å². The van der Waals surface area contributed by atoms with Crippen LogP contribution < -0.4 is 16.0 Å². The Morgan fingerprint density at radius 2 is 1.54 bits per heavy atom. The Hall–Kier alpha value is -3.15. The molecule has 0 radical (unpaired) electrons. The lowest BCUT2D eigenvalue weighted by molar-refractivity contribution is -0.118. The number of rotatable bonds is 7. The second-order valence-electron chi connectivity index (χ2n) is 7.34. The van der Waals surface area contributed by atoms with Crippen molar-refractivity contribution >= 4 is 23.4 Å². The summed E-state index contributed by atoms with van der Waals surface area (Å²) in [6, 6.07) is 15.2. The lowest BCUT2D eigenvalue weighted by atomic mass is 10.0. The van der Waals surface area contributed by atoms with E-state index in [0.29, 0.717) is 16.8 Å². The molecule has 3 amide bonds. The van der Waals surface area contributed by atoms with Gasteiger partial charge in [0.15, 0.2) is 0 Å². The molecule has 1 aliphatic rings. The summed E-state index contributed by atoms with van der Waals surface area (Å²) >= 11 is 0. The highest BCUT2D eigenvalue weighted by Crippen LogP contribution is 2.22. The van der Waals surface area contributed by atoms with Crippen LogP contribution in [0, 0.1) is 5.92 Å². The lowest BCUT2D eigenvalue weighted by Gasteiger charge is -2.22. The molecule has 0 saturated heterocycles. The number of carbonyl (C=O) groups excluding carboxylic acids is 3. The number of carbonyl (C=O) groups is 3. The highest BCUT2D eigenvalue weighted by Gasteiger charge is 2.27. The van der Waals surface area contributed by atoms with Crippen LogP contribution in [0.5, 0.6) is 0 Å². The first-order valence-electron chi connectivity index (χ1n) is 9.52. The first-order valence-corrected chi connectivity index (χ1v) is 9.52. The first kappa shape index (κ1) is 19.6. The van der Waals surface area contributed by atoms with Crippen LogP contribution in [0.1, 0.15) is 47.4 Å². The van der Waals surface area contributed by atoms with Crippen molar-refractivity contribution in [1.29, 1.82) is 0 Å². The van der Waals surface area contributed by atoms with Crippen molar-refractivity contribution in [3.63, 3.8) is 0 Å². The van der Waals surface area contributed by atoms with Crippen molar-refractivity contribution < 1.29 is 14.4 Å². The van der Waals surface area contributed by atoms with Gasteiger partial charge in [-0.2, -0.15) is 0 Å². The van der Waals surface area contributed by atoms with Gasteiger partial charge in [-0.25, -0.2) is 0 Å². The van der Waals surface area contributed by atoms with Gasteiger partial charge in [-0.05, 0) is 43.0 Å². The molecule has 0 aromatic heterocycles. The number of anilines is 1. The summed E-state index contributed by atoms with van der Waals surface area (Å²) in [5, 5.41) is 8.53. The van der Waals surface area contributed by atoms with Crippen molar-refractivity contribution in [3.05, 3.63) is 65.7 Å². The fourth-order valence-corrected chi connectivity index (χ4v) is 2.84. The lowest BCUT2D eigenvalue weighted by Crippen LogP contribution is -2.47. The topological polar surface area (TPSA) is 87.3 Å². The minimum absolute atomic E-state index is 0.125. The van der Waals surface area contributed by atoms with Gasteiger partial charge in [0, 0.05) is 11.6 Å². The summed E-state index contributed by atoms with van der Waals surface area (Å²) in [5.41, 5.74) is 1.34. The third kappa shape index (κ3) is 4.97. The van der Waals surface area contributed by atoms with Gasteiger partial charge in [-0.1, -0.05) is 44.2 Å². The van der Waals surface area contributed by atoms with E-state index in [-0.39, 0.29) is 29.7 Å². The maximum atomic E-state index is 12.9. The van der Waals surface area contributed by atoms with E-state index in [1.807, 2.05) is 19.9 Å². The predicted octanol–water partition coefficient (Wildman–Crippen LogP) is 2.97. The summed E-state index contributed by atoms with van der Waals surface area (Å²) in [6.07, 6.45) is 1.97. The Morgan fingerprint density at radius 3 is 2.18 bits per heavy atom.